The Morgan fingerprint density at radius 1 is 1.59 bits per heavy atom. The molecule has 0 amide bonds. The first kappa shape index (κ1) is 13.0. The molecule has 0 saturated carbocycles. The van der Waals surface area contributed by atoms with Crippen LogP contribution in [0.15, 0.2) is 5.38 Å². The van der Waals surface area contributed by atoms with Gasteiger partial charge in [0.05, 0.1) is 0 Å². The van der Waals surface area contributed by atoms with Crippen molar-refractivity contribution in [2.45, 2.75) is 39.2 Å². The van der Waals surface area contributed by atoms with E-state index in [0.717, 1.165) is 30.4 Å². The van der Waals surface area contributed by atoms with E-state index in [2.05, 4.69) is 22.6 Å². The van der Waals surface area contributed by atoms with Crippen LogP contribution in [0.3, 0.4) is 0 Å². The van der Waals surface area contributed by atoms with Crippen LogP contribution in [-0.2, 0) is 4.74 Å². The molecule has 1 aromatic rings. The van der Waals surface area contributed by atoms with Gasteiger partial charge in [0.15, 0.2) is 0 Å². The number of ether oxygens (including phenoxy) is 1. The normalized spacial score (nSPS) is 25.1. The van der Waals surface area contributed by atoms with Crippen LogP contribution < -0.4 is 5.32 Å². The van der Waals surface area contributed by atoms with Crippen molar-refractivity contribution in [2.75, 3.05) is 19.7 Å². The van der Waals surface area contributed by atoms with Crippen molar-refractivity contribution in [2.24, 2.45) is 5.92 Å². The van der Waals surface area contributed by atoms with Gasteiger partial charge >= 0.3 is 0 Å². The van der Waals surface area contributed by atoms with Crippen molar-refractivity contribution in [3.63, 3.8) is 0 Å². The molecule has 1 aromatic heterocycles. The Balaban J connectivity index is 1.96. The Morgan fingerprint density at radius 3 is 3.18 bits per heavy atom. The SMILES string of the molecule is CCCNCC1CCCOC1c1nc(C)cs1. The molecule has 0 aliphatic carbocycles. The van der Waals surface area contributed by atoms with Crippen LogP contribution in [0.2, 0.25) is 0 Å². The Morgan fingerprint density at radius 2 is 2.47 bits per heavy atom. The lowest BCUT2D eigenvalue weighted by Crippen LogP contribution is -2.32. The van der Waals surface area contributed by atoms with Crippen LogP contribution in [0.5, 0.6) is 0 Å². The third-order valence-corrected chi connectivity index (χ3v) is 4.18. The fourth-order valence-electron chi connectivity index (χ4n) is 2.29. The fraction of sp³-hybridized carbons (Fsp3) is 0.769. The second-order valence-electron chi connectivity index (χ2n) is 4.72. The first-order valence-corrected chi connectivity index (χ1v) is 7.43. The van der Waals surface area contributed by atoms with Crippen molar-refractivity contribution >= 4 is 11.3 Å². The lowest BCUT2D eigenvalue weighted by molar-refractivity contribution is -0.0278. The minimum Gasteiger partial charge on any atom is -0.371 e. The van der Waals surface area contributed by atoms with Gasteiger partial charge in [-0.15, -0.1) is 11.3 Å². The molecule has 0 spiro atoms. The molecule has 2 unspecified atom stereocenters. The van der Waals surface area contributed by atoms with Gasteiger partial charge in [-0.1, -0.05) is 6.92 Å². The van der Waals surface area contributed by atoms with Crippen LogP contribution in [-0.4, -0.2) is 24.7 Å². The highest BCUT2D eigenvalue weighted by molar-refractivity contribution is 7.09. The molecule has 2 rings (SSSR count). The number of thiazole rings is 1. The molecule has 3 nitrogen and oxygen atoms in total. The maximum Gasteiger partial charge on any atom is 0.122 e. The zero-order chi connectivity index (χ0) is 12.1. The van der Waals surface area contributed by atoms with Crippen molar-refractivity contribution < 1.29 is 4.74 Å². The maximum atomic E-state index is 5.93. The smallest absolute Gasteiger partial charge is 0.122 e. The highest BCUT2D eigenvalue weighted by atomic mass is 32.1. The minimum absolute atomic E-state index is 0.215. The van der Waals surface area contributed by atoms with E-state index in [-0.39, 0.29) is 6.10 Å². The maximum absolute atomic E-state index is 5.93. The summed E-state index contributed by atoms with van der Waals surface area (Å²) >= 11 is 1.74. The monoisotopic (exact) mass is 254 g/mol. The van der Waals surface area contributed by atoms with Gasteiger partial charge < -0.3 is 10.1 Å². The van der Waals surface area contributed by atoms with Crippen molar-refractivity contribution in [1.82, 2.24) is 10.3 Å². The summed E-state index contributed by atoms with van der Waals surface area (Å²) in [6, 6.07) is 0. The van der Waals surface area contributed by atoms with E-state index in [1.54, 1.807) is 11.3 Å². The number of hydrogen-bond acceptors (Lipinski definition) is 4. The summed E-state index contributed by atoms with van der Waals surface area (Å²) in [7, 11) is 0. The summed E-state index contributed by atoms with van der Waals surface area (Å²) < 4.78 is 5.93. The van der Waals surface area contributed by atoms with Crippen molar-refractivity contribution in [3.05, 3.63) is 16.1 Å². The lowest BCUT2D eigenvalue weighted by atomic mass is 9.94. The minimum atomic E-state index is 0.215. The molecule has 1 saturated heterocycles. The Kier molecular flexibility index (Phi) is 4.95. The molecule has 2 atom stereocenters. The van der Waals surface area contributed by atoms with Gasteiger partial charge in [0.1, 0.15) is 11.1 Å². The molecule has 1 N–H and O–H groups in total. The largest absolute Gasteiger partial charge is 0.371 e. The van der Waals surface area contributed by atoms with Crippen LogP contribution >= 0.6 is 11.3 Å². The summed E-state index contributed by atoms with van der Waals surface area (Å²) in [5.74, 6) is 0.584. The molecule has 1 aliphatic rings. The predicted molar refractivity (Wildman–Crippen MR) is 71.4 cm³/mol. The quantitative estimate of drug-likeness (QED) is 0.820. The summed E-state index contributed by atoms with van der Waals surface area (Å²) in [6.45, 7) is 7.28. The molecule has 0 bridgehead atoms. The van der Waals surface area contributed by atoms with Gasteiger partial charge in [-0.25, -0.2) is 4.98 Å². The Hall–Kier alpha value is -0.450. The van der Waals surface area contributed by atoms with Gasteiger partial charge in [-0.2, -0.15) is 0 Å². The van der Waals surface area contributed by atoms with Crippen LogP contribution in [0.25, 0.3) is 0 Å². The summed E-state index contributed by atoms with van der Waals surface area (Å²) in [5.41, 5.74) is 1.11. The number of nitrogens with zero attached hydrogens (tertiary/aromatic N) is 1. The standard InChI is InChI=1S/C13H22N2OS/c1-3-6-14-8-11-5-4-7-16-12(11)13-15-10(2)9-17-13/h9,11-12,14H,3-8H2,1-2H3. The summed E-state index contributed by atoms with van der Waals surface area (Å²) in [6.07, 6.45) is 3.83. The van der Waals surface area contributed by atoms with Gasteiger partial charge in [0.25, 0.3) is 0 Å². The number of hydrogen-bond donors (Lipinski definition) is 1. The molecule has 96 valence electrons. The van der Waals surface area contributed by atoms with E-state index >= 15 is 0 Å². The average molecular weight is 254 g/mol. The second-order valence-corrected chi connectivity index (χ2v) is 5.61. The van der Waals surface area contributed by atoms with E-state index < -0.39 is 0 Å². The molecule has 2 heterocycles. The Bertz CT molecular complexity index is 340. The van der Waals surface area contributed by atoms with E-state index in [1.165, 1.54) is 19.3 Å². The van der Waals surface area contributed by atoms with Gasteiger partial charge in [-0.05, 0) is 32.7 Å². The highest BCUT2D eigenvalue weighted by Crippen LogP contribution is 2.34. The molecule has 4 heteroatoms. The van der Waals surface area contributed by atoms with Gasteiger partial charge in [-0.3, -0.25) is 0 Å². The predicted octanol–water partition coefficient (Wildman–Crippen LogP) is 2.92. The third-order valence-electron chi connectivity index (χ3n) is 3.16. The number of aryl methyl sites for hydroxylation is 1. The first-order chi connectivity index (χ1) is 8.31. The van der Waals surface area contributed by atoms with Gasteiger partial charge in [0.2, 0.25) is 0 Å². The highest BCUT2D eigenvalue weighted by Gasteiger charge is 2.29. The second kappa shape index (κ2) is 6.47. The van der Waals surface area contributed by atoms with Crippen LogP contribution in [0.1, 0.15) is 43.0 Å². The molecule has 1 fully saturated rings. The van der Waals surface area contributed by atoms with E-state index in [1.807, 2.05) is 6.92 Å². The lowest BCUT2D eigenvalue weighted by Gasteiger charge is -2.30. The number of nitrogens with one attached hydrogen (secondary N) is 1. The number of rotatable bonds is 5. The molecular weight excluding hydrogens is 232 g/mol. The zero-order valence-electron chi connectivity index (χ0n) is 10.7. The Labute approximate surface area is 108 Å². The molecule has 1 aliphatic heterocycles. The fourth-order valence-corrected chi connectivity index (χ4v) is 3.23. The van der Waals surface area contributed by atoms with Crippen molar-refractivity contribution in [3.8, 4) is 0 Å². The van der Waals surface area contributed by atoms with E-state index in [4.69, 9.17) is 4.74 Å². The zero-order valence-corrected chi connectivity index (χ0v) is 11.6. The first-order valence-electron chi connectivity index (χ1n) is 6.55. The van der Waals surface area contributed by atoms with Crippen LogP contribution in [0, 0.1) is 12.8 Å². The van der Waals surface area contributed by atoms with Crippen LogP contribution in [0.4, 0.5) is 0 Å². The van der Waals surface area contributed by atoms with E-state index in [9.17, 15) is 0 Å². The van der Waals surface area contributed by atoms with E-state index in [0.29, 0.717) is 5.92 Å². The summed E-state index contributed by atoms with van der Waals surface area (Å²) in [4.78, 5) is 4.58. The molecule has 17 heavy (non-hydrogen) atoms. The third kappa shape index (κ3) is 3.50. The average Bonchev–Trinajstić information content (AvgIpc) is 2.77. The topological polar surface area (TPSA) is 34.1 Å². The molecule has 0 radical (unpaired) electrons. The molecule has 0 aromatic carbocycles. The number of aromatic nitrogens is 1. The van der Waals surface area contributed by atoms with Crippen molar-refractivity contribution in [1.29, 1.82) is 0 Å². The summed E-state index contributed by atoms with van der Waals surface area (Å²) in [5, 5.41) is 6.78. The van der Waals surface area contributed by atoms with Gasteiger partial charge in [0, 0.05) is 30.1 Å². The molecular formula is C13H22N2OS.